The molecule has 3 N–H and O–H groups in total. The Hall–Kier alpha value is -1.89. The Balaban J connectivity index is 2.30. The van der Waals surface area contributed by atoms with Gasteiger partial charge in [-0.25, -0.2) is 0 Å². The van der Waals surface area contributed by atoms with E-state index in [0.29, 0.717) is 17.1 Å². The van der Waals surface area contributed by atoms with Gasteiger partial charge in [0.2, 0.25) is 0 Å². The smallest absolute Gasteiger partial charge is 0.416 e. The molecule has 112 valence electrons. The second-order valence-electron chi connectivity index (χ2n) is 4.30. The zero-order valence-electron chi connectivity index (χ0n) is 11.0. The van der Waals surface area contributed by atoms with Crippen molar-refractivity contribution in [3.05, 3.63) is 46.4 Å². The minimum atomic E-state index is -4.41. The van der Waals surface area contributed by atoms with Gasteiger partial charge in [0.15, 0.2) is 0 Å². The van der Waals surface area contributed by atoms with Crippen LogP contribution in [0.5, 0.6) is 5.75 Å². The summed E-state index contributed by atoms with van der Waals surface area (Å²) in [4.78, 5) is 0. The predicted octanol–water partition coefficient (Wildman–Crippen LogP) is 4.80. The van der Waals surface area contributed by atoms with Gasteiger partial charge in [-0.2, -0.15) is 13.2 Å². The van der Waals surface area contributed by atoms with Crippen molar-refractivity contribution >= 4 is 33.0 Å². The van der Waals surface area contributed by atoms with Gasteiger partial charge < -0.3 is 15.8 Å². The third-order valence-electron chi connectivity index (χ3n) is 2.76. The molecule has 0 aliphatic carbocycles. The molecule has 7 heteroatoms. The van der Waals surface area contributed by atoms with E-state index in [9.17, 15) is 13.2 Å². The highest BCUT2D eigenvalue weighted by Gasteiger charge is 2.30. The highest BCUT2D eigenvalue weighted by atomic mass is 79.9. The van der Waals surface area contributed by atoms with Gasteiger partial charge >= 0.3 is 6.18 Å². The summed E-state index contributed by atoms with van der Waals surface area (Å²) < 4.78 is 43.6. The average molecular weight is 361 g/mol. The Morgan fingerprint density at radius 3 is 2.43 bits per heavy atom. The molecule has 0 saturated heterocycles. The van der Waals surface area contributed by atoms with Gasteiger partial charge in [-0.15, -0.1) is 0 Å². The van der Waals surface area contributed by atoms with E-state index in [1.54, 1.807) is 18.2 Å². The molecule has 0 spiro atoms. The van der Waals surface area contributed by atoms with E-state index in [2.05, 4.69) is 21.2 Å². The number of hydrogen-bond acceptors (Lipinski definition) is 3. The molecule has 0 aliphatic heterocycles. The first-order valence-electron chi connectivity index (χ1n) is 5.88. The molecular weight excluding hydrogens is 349 g/mol. The van der Waals surface area contributed by atoms with E-state index < -0.39 is 11.7 Å². The summed E-state index contributed by atoms with van der Waals surface area (Å²) in [6, 6.07) is 8.42. The Morgan fingerprint density at radius 1 is 1.14 bits per heavy atom. The molecule has 0 fully saturated rings. The molecule has 0 atom stereocenters. The van der Waals surface area contributed by atoms with Crippen molar-refractivity contribution in [2.75, 3.05) is 18.2 Å². The largest absolute Gasteiger partial charge is 0.497 e. The molecule has 0 aliphatic rings. The van der Waals surface area contributed by atoms with Crippen molar-refractivity contribution in [2.24, 2.45) is 0 Å². The fourth-order valence-electron chi connectivity index (χ4n) is 1.76. The van der Waals surface area contributed by atoms with Crippen molar-refractivity contribution in [3.63, 3.8) is 0 Å². The van der Waals surface area contributed by atoms with Crippen LogP contribution in [0, 0.1) is 0 Å². The third kappa shape index (κ3) is 3.81. The van der Waals surface area contributed by atoms with Gasteiger partial charge in [0.05, 0.1) is 24.0 Å². The topological polar surface area (TPSA) is 47.3 Å². The van der Waals surface area contributed by atoms with Crippen LogP contribution in [0.4, 0.5) is 30.2 Å². The van der Waals surface area contributed by atoms with Gasteiger partial charge in [-0.05, 0) is 30.3 Å². The van der Waals surface area contributed by atoms with Crippen molar-refractivity contribution in [1.82, 2.24) is 0 Å². The van der Waals surface area contributed by atoms with Crippen molar-refractivity contribution in [2.45, 2.75) is 6.18 Å². The van der Waals surface area contributed by atoms with Crippen LogP contribution in [-0.2, 0) is 6.18 Å². The second-order valence-corrected chi connectivity index (χ2v) is 5.22. The summed E-state index contributed by atoms with van der Waals surface area (Å²) in [7, 11) is 1.53. The average Bonchev–Trinajstić information content (AvgIpc) is 2.39. The molecule has 0 unspecified atom stereocenters. The van der Waals surface area contributed by atoms with Crippen LogP contribution in [0.15, 0.2) is 40.9 Å². The SMILES string of the molecule is COc1cc(Br)cc(Nc2ccc(C(F)(F)F)cc2N)c1. The fourth-order valence-corrected chi connectivity index (χ4v) is 2.23. The summed E-state index contributed by atoms with van der Waals surface area (Å²) >= 11 is 3.32. The Morgan fingerprint density at radius 2 is 1.86 bits per heavy atom. The van der Waals surface area contributed by atoms with Gasteiger partial charge in [0, 0.05) is 16.2 Å². The number of anilines is 3. The molecule has 2 rings (SSSR count). The third-order valence-corrected chi connectivity index (χ3v) is 3.22. The zero-order chi connectivity index (χ0) is 15.6. The first-order valence-corrected chi connectivity index (χ1v) is 6.67. The molecule has 21 heavy (non-hydrogen) atoms. The number of nitrogen functional groups attached to an aromatic ring is 1. The number of alkyl halides is 3. The highest BCUT2D eigenvalue weighted by molar-refractivity contribution is 9.10. The van der Waals surface area contributed by atoms with Crippen molar-refractivity contribution < 1.29 is 17.9 Å². The molecule has 2 aromatic carbocycles. The lowest BCUT2D eigenvalue weighted by atomic mass is 10.1. The number of benzene rings is 2. The predicted molar refractivity (Wildman–Crippen MR) is 79.8 cm³/mol. The molecule has 2 aromatic rings. The monoisotopic (exact) mass is 360 g/mol. The van der Waals surface area contributed by atoms with Crippen LogP contribution in [-0.4, -0.2) is 7.11 Å². The normalized spacial score (nSPS) is 11.3. The number of halogens is 4. The summed E-state index contributed by atoms with van der Waals surface area (Å²) in [6.07, 6.45) is -4.41. The lowest BCUT2D eigenvalue weighted by molar-refractivity contribution is -0.137. The van der Waals surface area contributed by atoms with E-state index >= 15 is 0 Å². The Bertz CT molecular complexity index is 659. The summed E-state index contributed by atoms with van der Waals surface area (Å²) in [5.41, 5.74) is 5.94. The molecule has 0 bridgehead atoms. The van der Waals surface area contributed by atoms with Gasteiger partial charge in [-0.1, -0.05) is 15.9 Å². The van der Waals surface area contributed by atoms with Crippen LogP contribution in [0.25, 0.3) is 0 Å². The van der Waals surface area contributed by atoms with Gasteiger partial charge in [-0.3, -0.25) is 0 Å². The van der Waals surface area contributed by atoms with Crippen molar-refractivity contribution in [1.29, 1.82) is 0 Å². The molecule has 0 heterocycles. The van der Waals surface area contributed by atoms with E-state index in [-0.39, 0.29) is 5.69 Å². The van der Waals surface area contributed by atoms with E-state index in [1.165, 1.54) is 13.2 Å². The number of rotatable bonds is 3. The van der Waals surface area contributed by atoms with Gasteiger partial charge in [0.1, 0.15) is 5.75 Å². The molecule has 0 amide bonds. The van der Waals surface area contributed by atoms with Crippen LogP contribution in [0.1, 0.15) is 5.56 Å². The Labute approximate surface area is 128 Å². The molecular formula is C14H12BrF3N2O. The van der Waals surface area contributed by atoms with Crippen molar-refractivity contribution in [3.8, 4) is 5.75 Å². The summed E-state index contributed by atoms with van der Waals surface area (Å²) in [5, 5.41) is 2.96. The zero-order valence-corrected chi connectivity index (χ0v) is 12.5. The lowest BCUT2D eigenvalue weighted by Gasteiger charge is -2.13. The van der Waals surface area contributed by atoms with Crippen LogP contribution in [0.3, 0.4) is 0 Å². The fraction of sp³-hybridized carbons (Fsp3) is 0.143. The van der Waals surface area contributed by atoms with Gasteiger partial charge in [0.25, 0.3) is 0 Å². The van der Waals surface area contributed by atoms with E-state index in [0.717, 1.165) is 16.6 Å². The summed E-state index contributed by atoms with van der Waals surface area (Å²) in [5.74, 6) is 0.609. The number of ether oxygens (including phenoxy) is 1. The molecule has 0 aromatic heterocycles. The minimum absolute atomic E-state index is 0.0174. The molecule has 3 nitrogen and oxygen atoms in total. The number of nitrogens with two attached hydrogens (primary N) is 1. The number of methoxy groups -OCH3 is 1. The maximum Gasteiger partial charge on any atom is 0.416 e. The molecule has 0 saturated carbocycles. The quantitative estimate of drug-likeness (QED) is 0.772. The van der Waals surface area contributed by atoms with Crippen LogP contribution in [0.2, 0.25) is 0 Å². The van der Waals surface area contributed by atoms with E-state index in [1.807, 2.05) is 0 Å². The lowest BCUT2D eigenvalue weighted by Crippen LogP contribution is -2.06. The Kier molecular flexibility index (Phi) is 4.32. The summed E-state index contributed by atoms with van der Waals surface area (Å²) in [6.45, 7) is 0. The number of hydrogen-bond donors (Lipinski definition) is 2. The van der Waals surface area contributed by atoms with Crippen LogP contribution < -0.4 is 15.8 Å². The maximum absolute atomic E-state index is 12.6. The maximum atomic E-state index is 12.6. The van der Waals surface area contributed by atoms with Crippen LogP contribution >= 0.6 is 15.9 Å². The second kappa shape index (κ2) is 5.85. The standard InChI is InChI=1S/C14H12BrF3N2O/c1-21-11-6-9(15)5-10(7-11)20-13-3-2-8(4-12(13)19)14(16,17)18/h2-7,20H,19H2,1H3. The first-order chi connectivity index (χ1) is 9.79. The minimum Gasteiger partial charge on any atom is -0.497 e. The number of nitrogens with one attached hydrogen (secondary N) is 1. The van der Waals surface area contributed by atoms with E-state index in [4.69, 9.17) is 10.5 Å². The molecule has 0 radical (unpaired) electrons. The highest BCUT2D eigenvalue weighted by Crippen LogP contribution is 2.34. The first kappa shape index (κ1) is 15.5.